The lowest BCUT2D eigenvalue weighted by atomic mass is 10.0. The van der Waals surface area contributed by atoms with Crippen LogP contribution in [0.2, 0.25) is 5.02 Å². The molecular formula is C26H25ClN2O5. The number of ether oxygens (including phenoxy) is 1. The van der Waals surface area contributed by atoms with Gasteiger partial charge in [0.15, 0.2) is 0 Å². The van der Waals surface area contributed by atoms with Crippen molar-refractivity contribution in [1.82, 2.24) is 10.6 Å². The summed E-state index contributed by atoms with van der Waals surface area (Å²) in [5.41, 5.74) is 2.30. The van der Waals surface area contributed by atoms with E-state index >= 15 is 0 Å². The minimum atomic E-state index is -1.19. The van der Waals surface area contributed by atoms with Gasteiger partial charge in [0, 0.05) is 17.9 Å². The van der Waals surface area contributed by atoms with Crippen LogP contribution in [0.15, 0.2) is 84.9 Å². The third-order valence-electron chi connectivity index (χ3n) is 5.07. The van der Waals surface area contributed by atoms with E-state index in [1.165, 1.54) is 0 Å². The molecule has 0 saturated heterocycles. The monoisotopic (exact) mass is 480 g/mol. The van der Waals surface area contributed by atoms with Gasteiger partial charge < -0.3 is 20.5 Å². The van der Waals surface area contributed by atoms with Crippen molar-refractivity contribution in [3.8, 4) is 0 Å². The van der Waals surface area contributed by atoms with Crippen molar-refractivity contribution in [2.45, 2.75) is 31.5 Å². The Hall–Kier alpha value is -3.84. The van der Waals surface area contributed by atoms with Gasteiger partial charge in [-0.25, -0.2) is 9.59 Å². The predicted molar refractivity (Wildman–Crippen MR) is 128 cm³/mol. The van der Waals surface area contributed by atoms with Crippen molar-refractivity contribution in [2.24, 2.45) is 0 Å². The average molecular weight is 481 g/mol. The zero-order valence-electron chi connectivity index (χ0n) is 18.3. The van der Waals surface area contributed by atoms with Gasteiger partial charge in [0.2, 0.25) is 5.91 Å². The van der Waals surface area contributed by atoms with Crippen LogP contribution in [0.5, 0.6) is 0 Å². The van der Waals surface area contributed by atoms with Gasteiger partial charge in [0.1, 0.15) is 18.7 Å². The molecule has 7 nitrogen and oxygen atoms in total. The molecule has 0 fully saturated rings. The molecule has 3 aromatic carbocycles. The summed E-state index contributed by atoms with van der Waals surface area (Å²) < 4.78 is 5.25. The minimum absolute atomic E-state index is 0.0423. The SMILES string of the molecule is O=C(N[C@H](Cc1ccccc1)C(=O)N[C@H](Cc1ccc(Cl)cc1)C(=O)O)OCc1ccccc1. The molecule has 176 valence electrons. The number of hydrogen-bond donors (Lipinski definition) is 3. The van der Waals surface area contributed by atoms with E-state index in [9.17, 15) is 19.5 Å². The van der Waals surface area contributed by atoms with Crippen LogP contribution in [0, 0.1) is 0 Å². The van der Waals surface area contributed by atoms with Gasteiger partial charge in [0.05, 0.1) is 0 Å². The summed E-state index contributed by atoms with van der Waals surface area (Å²) >= 11 is 5.89. The Morgan fingerprint density at radius 2 is 1.26 bits per heavy atom. The lowest BCUT2D eigenvalue weighted by Gasteiger charge is -2.21. The van der Waals surface area contributed by atoms with Gasteiger partial charge in [-0.2, -0.15) is 0 Å². The Kier molecular flexibility index (Phi) is 9.05. The lowest BCUT2D eigenvalue weighted by Crippen LogP contribution is -2.53. The number of benzene rings is 3. The van der Waals surface area contributed by atoms with Crippen molar-refractivity contribution >= 4 is 29.6 Å². The second kappa shape index (κ2) is 12.4. The van der Waals surface area contributed by atoms with Crippen molar-refractivity contribution in [2.75, 3.05) is 0 Å². The molecule has 2 atom stereocenters. The maximum Gasteiger partial charge on any atom is 0.408 e. The number of carbonyl (C=O) groups excluding carboxylic acids is 2. The molecule has 3 rings (SSSR count). The zero-order valence-corrected chi connectivity index (χ0v) is 19.1. The number of hydrogen-bond acceptors (Lipinski definition) is 4. The van der Waals surface area contributed by atoms with Crippen LogP contribution in [0.1, 0.15) is 16.7 Å². The molecule has 0 aliphatic heterocycles. The molecule has 2 amide bonds. The third kappa shape index (κ3) is 7.94. The van der Waals surface area contributed by atoms with Crippen LogP contribution < -0.4 is 10.6 Å². The molecule has 3 N–H and O–H groups in total. The number of alkyl carbamates (subject to hydrolysis) is 1. The summed E-state index contributed by atoms with van der Waals surface area (Å²) in [5.74, 6) is -1.81. The van der Waals surface area contributed by atoms with Crippen LogP contribution in [0.25, 0.3) is 0 Å². The lowest BCUT2D eigenvalue weighted by molar-refractivity contribution is -0.142. The minimum Gasteiger partial charge on any atom is -0.480 e. The normalized spacial score (nSPS) is 12.3. The van der Waals surface area contributed by atoms with Crippen LogP contribution >= 0.6 is 11.6 Å². The Bertz CT molecular complexity index is 1090. The highest BCUT2D eigenvalue weighted by Gasteiger charge is 2.27. The van der Waals surface area contributed by atoms with Crippen LogP contribution in [-0.2, 0) is 33.8 Å². The first kappa shape index (κ1) is 24.8. The largest absolute Gasteiger partial charge is 0.480 e. The fourth-order valence-electron chi connectivity index (χ4n) is 3.29. The molecule has 0 aliphatic rings. The van der Waals surface area contributed by atoms with E-state index in [1.807, 2.05) is 60.7 Å². The number of aliphatic carboxylic acids is 1. The molecule has 8 heteroatoms. The maximum absolute atomic E-state index is 13.1. The number of carboxylic acid groups (broad SMARTS) is 1. The summed E-state index contributed by atoms with van der Waals surface area (Å²) in [5, 5.41) is 15.3. The Balaban J connectivity index is 1.68. The topological polar surface area (TPSA) is 105 Å². The fraction of sp³-hybridized carbons (Fsp3) is 0.192. The standard InChI is InChI=1S/C26H25ClN2O5/c27-21-13-11-19(12-14-21)16-23(25(31)32)28-24(30)22(15-18-7-3-1-4-8-18)29-26(33)34-17-20-9-5-2-6-10-20/h1-14,22-23H,15-17H2,(H,28,30)(H,29,33)(H,31,32)/t22-,23-/m1/s1. The molecule has 0 radical (unpaired) electrons. The highest BCUT2D eigenvalue weighted by molar-refractivity contribution is 6.30. The van der Waals surface area contributed by atoms with Gasteiger partial charge in [0.25, 0.3) is 0 Å². The maximum atomic E-state index is 13.1. The van der Waals surface area contributed by atoms with E-state index < -0.39 is 30.1 Å². The zero-order chi connectivity index (χ0) is 24.3. The first-order valence-corrected chi connectivity index (χ1v) is 11.1. The molecule has 3 aromatic rings. The summed E-state index contributed by atoms with van der Waals surface area (Å²) in [6.45, 7) is 0.0423. The van der Waals surface area contributed by atoms with Gasteiger partial charge in [-0.1, -0.05) is 84.4 Å². The molecule has 0 bridgehead atoms. The van der Waals surface area contributed by atoms with Gasteiger partial charge in [-0.05, 0) is 28.8 Å². The Morgan fingerprint density at radius 3 is 1.85 bits per heavy atom. The highest BCUT2D eigenvalue weighted by atomic mass is 35.5. The van der Waals surface area contributed by atoms with E-state index in [-0.39, 0.29) is 19.4 Å². The van der Waals surface area contributed by atoms with Crippen molar-refractivity contribution in [1.29, 1.82) is 0 Å². The van der Waals surface area contributed by atoms with E-state index in [1.54, 1.807) is 24.3 Å². The van der Waals surface area contributed by atoms with E-state index in [0.29, 0.717) is 10.6 Å². The number of halogens is 1. The Labute approximate surface area is 202 Å². The second-order valence-corrected chi connectivity index (χ2v) is 8.11. The molecule has 0 unspecified atom stereocenters. The number of carbonyl (C=O) groups is 3. The van der Waals surface area contributed by atoms with E-state index in [0.717, 1.165) is 11.1 Å². The number of carboxylic acids is 1. The van der Waals surface area contributed by atoms with Crippen LogP contribution in [0.4, 0.5) is 4.79 Å². The summed E-state index contributed by atoms with van der Waals surface area (Å²) in [4.78, 5) is 37.3. The van der Waals surface area contributed by atoms with E-state index in [2.05, 4.69) is 10.6 Å². The first-order valence-electron chi connectivity index (χ1n) is 10.7. The van der Waals surface area contributed by atoms with Gasteiger partial charge in [-0.3, -0.25) is 4.79 Å². The number of nitrogens with one attached hydrogen (secondary N) is 2. The predicted octanol–water partition coefficient (Wildman–Crippen LogP) is 3.99. The van der Waals surface area contributed by atoms with Crippen LogP contribution in [0.3, 0.4) is 0 Å². The smallest absolute Gasteiger partial charge is 0.408 e. The second-order valence-electron chi connectivity index (χ2n) is 7.68. The summed E-state index contributed by atoms with van der Waals surface area (Å²) in [6.07, 6.45) is -0.542. The van der Waals surface area contributed by atoms with Gasteiger partial charge >= 0.3 is 12.1 Å². The molecule has 0 saturated carbocycles. The third-order valence-corrected chi connectivity index (χ3v) is 5.32. The highest BCUT2D eigenvalue weighted by Crippen LogP contribution is 2.12. The molecule has 34 heavy (non-hydrogen) atoms. The summed E-state index contributed by atoms with van der Waals surface area (Å²) in [6, 6.07) is 22.7. The number of amides is 2. The number of rotatable bonds is 10. The fourth-order valence-corrected chi connectivity index (χ4v) is 3.42. The molecule has 0 heterocycles. The first-order chi connectivity index (χ1) is 16.4. The van der Waals surface area contributed by atoms with Crippen molar-refractivity contribution in [3.63, 3.8) is 0 Å². The molecular weight excluding hydrogens is 456 g/mol. The quantitative estimate of drug-likeness (QED) is 0.407. The summed E-state index contributed by atoms with van der Waals surface area (Å²) in [7, 11) is 0. The van der Waals surface area contributed by atoms with Gasteiger partial charge in [-0.15, -0.1) is 0 Å². The molecule has 0 aliphatic carbocycles. The molecule has 0 spiro atoms. The van der Waals surface area contributed by atoms with Crippen LogP contribution in [-0.4, -0.2) is 35.2 Å². The van der Waals surface area contributed by atoms with Crippen molar-refractivity contribution in [3.05, 3.63) is 107 Å². The van der Waals surface area contributed by atoms with E-state index in [4.69, 9.17) is 16.3 Å². The Morgan fingerprint density at radius 1 is 0.735 bits per heavy atom. The molecule has 0 aromatic heterocycles. The van der Waals surface area contributed by atoms with Crippen molar-refractivity contribution < 1.29 is 24.2 Å². The average Bonchev–Trinajstić information content (AvgIpc) is 2.84.